The molecule has 1 aliphatic heterocycles. The lowest BCUT2D eigenvalue weighted by molar-refractivity contribution is -0.117. The van der Waals surface area contributed by atoms with Crippen molar-refractivity contribution in [1.82, 2.24) is 0 Å². The van der Waals surface area contributed by atoms with Crippen molar-refractivity contribution in [3.63, 3.8) is 0 Å². The summed E-state index contributed by atoms with van der Waals surface area (Å²) in [6, 6.07) is 7.49. The monoisotopic (exact) mass is 261 g/mol. The fourth-order valence-electron chi connectivity index (χ4n) is 2.41. The highest BCUT2D eigenvalue weighted by Crippen LogP contribution is 2.27. The molecule has 1 aromatic carbocycles. The molecule has 1 fully saturated rings. The van der Waals surface area contributed by atoms with Gasteiger partial charge in [0.05, 0.1) is 17.4 Å². The second-order valence-corrected chi connectivity index (χ2v) is 5.20. The molecule has 1 saturated heterocycles. The fraction of sp³-hybridized carbons (Fsp3) is 0.533. The fourth-order valence-corrected chi connectivity index (χ4v) is 2.41. The number of nitrogens with two attached hydrogens (primary N) is 1. The molecule has 0 aromatic heterocycles. The lowest BCUT2D eigenvalue weighted by atomic mass is 10.2. The first-order valence-electron chi connectivity index (χ1n) is 7.09. The maximum absolute atomic E-state index is 11.8. The van der Waals surface area contributed by atoms with Gasteiger partial charge in [0, 0.05) is 13.1 Å². The third-order valence-corrected chi connectivity index (χ3v) is 3.52. The summed E-state index contributed by atoms with van der Waals surface area (Å²) in [4.78, 5) is 14.1. The van der Waals surface area contributed by atoms with Crippen LogP contribution in [-0.2, 0) is 4.79 Å². The molecule has 4 nitrogen and oxygen atoms in total. The van der Waals surface area contributed by atoms with Crippen molar-refractivity contribution in [3.05, 3.63) is 24.3 Å². The predicted molar refractivity (Wildman–Crippen MR) is 79.4 cm³/mol. The number of hydrogen-bond donors (Lipinski definition) is 2. The summed E-state index contributed by atoms with van der Waals surface area (Å²) >= 11 is 0. The van der Waals surface area contributed by atoms with E-state index in [4.69, 9.17) is 5.73 Å². The van der Waals surface area contributed by atoms with Gasteiger partial charge in [-0.05, 0) is 31.9 Å². The number of carbonyl (C=O) groups excluding carboxylic acids is 1. The Bertz CT molecular complexity index is 423. The van der Waals surface area contributed by atoms with Gasteiger partial charge in [-0.15, -0.1) is 0 Å². The third kappa shape index (κ3) is 3.70. The topological polar surface area (TPSA) is 58.4 Å². The highest BCUT2D eigenvalue weighted by atomic mass is 16.2. The number of nitrogens with zero attached hydrogens (tertiary/aromatic N) is 1. The van der Waals surface area contributed by atoms with Crippen LogP contribution in [0.25, 0.3) is 0 Å². The van der Waals surface area contributed by atoms with Crippen molar-refractivity contribution in [2.75, 3.05) is 23.3 Å². The van der Waals surface area contributed by atoms with Crippen molar-refractivity contribution < 1.29 is 4.79 Å². The molecule has 104 valence electrons. The van der Waals surface area contributed by atoms with Crippen molar-refractivity contribution in [1.29, 1.82) is 0 Å². The highest BCUT2D eigenvalue weighted by Gasteiger charge is 2.15. The zero-order chi connectivity index (χ0) is 13.7. The van der Waals surface area contributed by atoms with Gasteiger partial charge in [0.1, 0.15) is 0 Å². The molecule has 0 spiro atoms. The number of rotatable bonds is 3. The lowest BCUT2D eigenvalue weighted by Crippen LogP contribution is -2.33. The molecular formula is C15H23N3O. The van der Waals surface area contributed by atoms with E-state index in [0.29, 0.717) is 0 Å². The SMILES string of the molecule is CC(N)C(=O)Nc1ccccc1N1CCCCCC1. The average molecular weight is 261 g/mol. The first kappa shape index (κ1) is 13.9. The zero-order valence-electron chi connectivity index (χ0n) is 11.6. The smallest absolute Gasteiger partial charge is 0.241 e. The molecule has 0 saturated carbocycles. The van der Waals surface area contributed by atoms with E-state index in [2.05, 4.69) is 16.3 Å². The van der Waals surface area contributed by atoms with Crippen molar-refractivity contribution in [3.8, 4) is 0 Å². The minimum absolute atomic E-state index is 0.137. The van der Waals surface area contributed by atoms with Gasteiger partial charge >= 0.3 is 0 Å². The van der Waals surface area contributed by atoms with Crippen LogP contribution in [0.4, 0.5) is 11.4 Å². The number of amides is 1. The van der Waals surface area contributed by atoms with Gasteiger partial charge in [-0.3, -0.25) is 4.79 Å². The molecule has 4 heteroatoms. The Balaban J connectivity index is 2.17. The summed E-state index contributed by atoms with van der Waals surface area (Å²) in [5, 5.41) is 2.92. The van der Waals surface area contributed by atoms with E-state index < -0.39 is 6.04 Å². The maximum Gasteiger partial charge on any atom is 0.241 e. The molecular weight excluding hydrogens is 238 g/mol. The molecule has 0 bridgehead atoms. The number of nitrogens with one attached hydrogen (secondary N) is 1. The van der Waals surface area contributed by atoms with E-state index in [1.165, 1.54) is 25.7 Å². The van der Waals surface area contributed by atoms with Gasteiger partial charge in [-0.25, -0.2) is 0 Å². The molecule has 1 unspecified atom stereocenters. The molecule has 19 heavy (non-hydrogen) atoms. The van der Waals surface area contributed by atoms with Gasteiger partial charge in [0.15, 0.2) is 0 Å². The predicted octanol–water partition coefficient (Wildman–Crippen LogP) is 2.35. The Labute approximate surface area is 115 Å². The Morgan fingerprint density at radius 1 is 1.21 bits per heavy atom. The maximum atomic E-state index is 11.8. The number of carbonyl (C=O) groups is 1. The van der Waals surface area contributed by atoms with Gasteiger partial charge < -0.3 is 16.0 Å². The van der Waals surface area contributed by atoms with Gasteiger partial charge in [0.2, 0.25) is 5.91 Å². The Morgan fingerprint density at radius 2 is 1.84 bits per heavy atom. The Kier molecular flexibility index (Phi) is 4.80. The molecule has 2 rings (SSSR count). The van der Waals surface area contributed by atoms with Crippen molar-refractivity contribution in [2.45, 2.75) is 38.6 Å². The van der Waals surface area contributed by atoms with Crippen molar-refractivity contribution in [2.24, 2.45) is 5.73 Å². The van der Waals surface area contributed by atoms with Crippen LogP contribution in [-0.4, -0.2) is 25.0 Å². The minimum Gasteiger partial charge on any atom is -0.370 e. The lowest BCUT2D eigenvalue weighted by Gasteiger charge is -2.25. The summed E-state index contributed by atoms with van der Waals surface area (Å²) < 4.78 is 0. The number of benzene rings is 1. The molecule has 1 aromatic rings. The van der Waals surface area contributed by atoms with Crippen molar-refractivity contribution >= 4 is 17.3 Å². The zero-order valence-corrected chi connectivity index (χ0v) is 11.6. The van der Waals surface area contributed by atoms with E-state index in [1.807, 2.05) is 18.2 Å². The standard InChI is InChI=1S/C15H23N3O/c1-12(16)15(19)17-13-8-4-5-9-14(13)18-10-6-2-3-7-11-18/h4-5,8-9,12H,2-3,6-7,10-11,16H2,1H3,(H,17,19). The average Bonchev–Trinajstić information content (AvgIpc) is 2.68. The van der Waals surface area contributed by atoms with E-state index in [-0.39, 0.29) is 5.91 Å². The Hall–Kier alpha value is -1.55. The van der Waals surface area contributed by atoms with Crippen LogP contribution in [0.3, 0.4) is 0 Å². The first-order valence-corrected chi connectivity index (χ1v) is 7.09. The summed E-state index contributed by atoms with van der Waals surface area (Å²) in [5.41, 5.74) is 7.59. The van der Waals surface area contributed by atoms with E-state index in [1.54, 1.807) is 6.92 Å². The number of hydrogen-bond acceptors (Lipinski definition) is 3. The van der Waals surface area contributed by atoms with Crippen LogP contribution in [0.5, 0.6) is 0 Å². The van der Waals surface area contributed by atoms with Gasteiger partial charge in [0.25, 0.3) is 0 Å². The van der Waals surface area contributed by atoms with E-state index in [9.17, 15) is 4.79 Å². The largest absolute Gasteiger partial charge is 0.370 e. The number of para-hydroxylation sites is 2. The summed E-state index contributed by atoms with van der Waals surface area (Å²) in [7, 11) is 0. The second-order valence-electron chi connectivity index (χ2n) is 5.20. The van der Waals surface area contributed by atoms with Crippen LogP contribution in [0.15, 0.2) is 24.3 Å². The molecule has 0 radical (unpaired) electrons. The van der Waals surface area contributed by atoms with E-state index >= 15 is 0 Å². The summed E-state index contributed by atoms with van der Waals surface area (Å²) in [5.74, 6) is -0.137. The second kappa shape index (κ2) is 6.57. The molecule has 1 aliphatic rings. The van der Waals surface area contributed by atoms with Crippen LogP contribution >= 0.6 is 0 Å². The normalized spacial score (nSPS) is 17.7. The molecule has 3 N–H and O–H groups in total. The minimum atomic E-state index is -0.489. The quantitative estimate of drug-likeness (QED) is 0.878. The molecule has 0 aliphatic carbocycles. The molecule has 1 heterocycles. The third-order valence-electron chi connectivity index (χ3n) is 3.52. The summed E-state index contributed by atoms with van der Waals surface area (Å²) in [6.45, 7) is 3.82. The van der Waals surface area contributed by atoms with Crippen LogP contribution in [0, 0.1) is 0 Å². The van der Waals surface area contributed by atoms with Gasteiger partial charge in [-0.2, -0.15) is 0 Å². The van der Waals surface area contributed by atoms with Crippen LogP contribution in [0.1, 0.15) is 32.6 Å². The first-order chi connectivity index (χ1) is 9.18. The van der Waals surface area contributed by atoms with Crippen LogP contribution in [0.2, 0.25) is 0 Å². The Morgan fingerprint density at radius 3 is 2.47 bits per heavy atom. The number of anilines is 2. The summed E-state index contributed by atoms with van der Waals surface area (Å²) in [6.07, 6.45) is 5.03. The highest BCUT2D eigenvalue weighted by molar-refractivity contribution is 5.97. The van der Waals surface area contributed by atoms with E-state index in [0.717, 1.165) is 24.5 Å². The van der Waals surface area contributed by atoms with Crippen LogP contribution < -0.4 is 16.0 Å². The molecule has 1 atom stereocenters. The van der Waals surface area contributed by atoms with Gasteiger partial charge in [-0.1, -0.05) is 25.0 Å². The molecule has 1 amide bonds.